The van der Waals surface area contributed by atoms with Gasteiger partial charge in [-0.3, -0.25) is 4.68 Å². The summed E-state index contributed by atoms with van der Waals surface area (Å²) < 4.78 is 7.07. The van der Waals surface area contributed by atoms with Crippen LogP contribution < -0.4 is 5.32 Å². The van der Waals surface area contributed by atoms with Gasteiger partial charge in [-0.15, -0.1) is 0 Å². The van der Waals surface area contributed by atoms with Crippen molar-refractivity contribution in [3.63, 3.8) is 0 Å². The SMILES string of the molecule is CC(C)c1noc(NCc2cnn(Cc3ccccc3)c2)n1. The fraction of sp³-hybridized carbons (Fsp3) is 0.312. The van der Waals surface area contributed by atoms with E-state index >= 15 is 0 Å². The standard InChI is InChI=1S/C16H19N5O/c1-12(2)15-19-16(22-20-15)17-8-14-9-18-21(11-14)10-13-6-4-3-5-7-13/h3-7,9,11-12H,8,10H2,1-2H3,(H,17,19,20). The summed E-state index contributed by atoms with van der Waals surface area (Å²) in [5, 5.41) is 11.4. The van der Waals surface area contributed by atoms with Gasteiger partial charge >= 0.3 is 6.01 Å². The summed E-state index contributed by atoms with van der Waals surface area (Å²) in [5.74, 6) is 0.968. The lowest BCUT2D eigenvalue weighted by Gasteiger charge is -2.01. The van der Waals surface area contributed by atoms with Crippen LogP contribution in [0.2, 0.25) is 0 Å². The van der Waals surface area contributed by atoms with Crippen molar-refractivity contribution >= 4 is 6.01 Å². The summed E-state index contributed by atoms with van der Waals surface area (Å²) >= 11 is 0. The maximum Gasteiger partial charge on any atom is 0.321 e. The van der Waals surface area contributed by atoms with E-state index in [1.54, 1.807) is 0 Å². The van der Waals surface area contributed by atoms with Crippen LogP contribution in [0.4, 0.5) is 6.01 Å². The fourth-order valence-corrected chi connectivity index (χ4v) is 2.07. The molecule has 0 radical (unpaired) electrons. The largest absolute Gasteiger partial charge is 0.334 e. The second kappa shape index (κ2) is 6.43. The molecule has 114 valence electrons. The van der Waals surface area contributed by atoms with Crippen LogP contribution in [0.15, 0.2) is 47.2 Å². The summed E-state index contributed by atoms with van der Waals surface area (Å²) in [6.07, 6.45) is 3.86. The molecule has 1 N–H and O–H groups in total. The molecular weight excluding hydrogens is 278 g/mol. The van der Waals surface area contributed by atoms with Crippen molar-refractivity contribution < 1.29 is 4.52 Å². The lowest BCUT2D eigenvalue weighted by molar-refractivity contribution is 0.419. The zero-order chi connectivity index (χ0) is 15.4. The predicted molar refractivity (Wildman–Crippen MR) is 83.5 cm³/mol. The summed E-state index contributed by atoms with van der Waals surface area (Å²) in [6.45, 7) is 5.43. The van der Waals surface area contributed by atoms with Gasteiger partial charge in [-0.1, -0.05) is 49.3 Å². The molecule has 0 aliphatic rings. The highest BCUT2D eigenvalue weighted by Crippen LogP contribution is 2.13. The van der Waals surface area contributed by atoms with E-state index in [-0.39, 0.29) is 5.92 Å². The molecule has 0 saturated carbocycles. The van der Waals surface area contributed by atoms with Gasteiger partial charge in [0.15, 0.2) is 5.82 Å². The van der Waals surface area contributed by atoms with Gasteiger partial charge in [-0.05, 0) is 5.56 Å². The molecule has 0 unspecified atom stereocenters. The van der Waals surface area contributed by atoms with Crippen molar-refractivity contribution in [1.29, 1.82) is 0 Å². The molecule has 0 aliphatic heterocycles. The number of nitrogens with one attached hydrogen (secondary N) is 1. The Balaban J connectivity index is 1.57. The molecule has 2 heterocycles. The van der Waals surface area contributed by atoms with Crippen molar-refractivity contribution in [2.24, 2.45) is 0 Å². The molecule has 0 spiro atoms. The Morgan fingerprint density at radius 2 is 2.00 bits per heavy atom. The van der Waals surface area contributed by atoms with Crippen molar-refractivity contribution in [1.82, 2.24) is 19.9 Å². The van der Waals surface area contributed by atoms with Crippen molar-refractivity contribution in [3.8, 4) is 0 Å². The Labute approximate surface area is 129 Å². The van der Waals surface area contributed by atoms with Crippen molar-refractivity contribution in [2.45, 2.75) is 32.9 Å². The minimum Gasteiger partial charge on any atom is -0.334 e. The fourth-order valence-electron chi connectivity index (χ4n) is 2.07. The van der Waals surface area contributed by atoms with E-state index in [9.17, 15) is 0 Å². The molecule has 0 atom stereocenters. The quantitative estimate of drug-likeness (QED) is 0.757. The highest BCUT2D eigenvalue weighted by atomic mass is 16.5. The van der Waals surface area contributed by atoms with Gasteiger partial charge in [0, 0.05) is 24.2 Å². The first-order chi connectivity index (χ1) is 10.7. The van der Waals surface area contributed by atoms with Gasteiger partial charge in [0.25, 0.3) is 0 Å². The average Bonchev–Trinajstić information content (AvgIpc) is 3.15. The van der Waals surface area contributed by atoms with Crippen LogP contribution in [-0.2, 0) is 13.1 Å². The Morgan fingerprint density at radius 1 is 1.18 bits per heavy atom. The summed E-state index contributed by atoms with van der Waals surface area (Å²) in [5.41, 5.74) is 2.30. The van der Waals surface area contributed by atoms with Crippen LogP contribution in [0.25, 0.3) is 0 Å². The number of anilines is 1. The number of rotatable bonds is 6. The van der Waals surface area contributed by atoms with Crippen LogP contribution in [-0.4, -0.2) is 19.9 Å². The first-order valence-corrected chi connectivity index (χ1v) is 7.33. The summed E-state index contributed by atoms with van der Waals surface area (Å²) in [6, 6.07) is 10.7. The van der Waals surface area contributed by atoms with Crippen molar-refractivity contribution in [2.75, 3.05) is 5.32 Å². The smallest absolute Gasteiger partial charge is 0.321 e. The Morgan fingerprint density at radius 3 is 2.73 bits per heavy atom. The monoisotopic (exact) mass is 297 g/mol. The average molecular weight is 297 g/mol. The number of hydrogen-bond acceptors (Lipinski definition) is 5. The lowest BCUT2D eigenvalue weighted by Crippen LogP contribution is -2.01. The van der Waals surface area contributed by atoms with E-state index < -0.39 is 0 Å². The molecule has 0 fully saturated rings. The normalized spacial score (nSPS) is 11.0. The molecule has 3 rings (SSSR count). The zero-order valence-corrected chi connectivity index (χ0v) is 12.7. The maximum atomic E-state index is 5.15. The Hall–Kier alpha value is -2.63. The van der Waals surface area contributed by atoms with Gasteiger partial charge in [0.2, 0.25) is 0 Å². The van der Waals surface area contributed by atoms with Gasteiger partial charge in [0.05, 0.1) is 12.7 Å². The second-order valence-corrected chi connectivity index (χ2v) is 5.50. The topological polar surface area (TPSA) is 68.8 Å². The van der Waals surface area contributed by atoms with E-state index in [1.165, 1.54) is 5.56 Å². The summed E-state index contributed by atoms with van der Waals surface area (Å²) in [7, 11) is 0. The third-order valence-corrected chi connectivity index (χ3v) is 3.28. The van der Waals surface area contributed by atoms with Gasteiger partial charge in [-0.2, -0.15) is 10.1 Å². The molecule has 0 amide bonds. The molecule has 1 aromatic carbocycles. The molecule has 22 heavy (non-hydrogen) atoms. The third-order valence-electron chi connectivity index (χ3n) is 3.28. The van der Waals surface area contributed by atoms with Crippen molar-refractivity contribution in [3.05, 3.63) is 59.7 Å². The molecule has 3 aromatic rings. The van der Waals surface area contributed by atoms with Crippen LogP contribution in [0.1, 0.15) is 36.7 Å². The van der Waals surface area contributed by atoms with Crippen LogP contribution >= 0.6 is 0 Å². The number of nitrogens with zero attached hydrogens (tertiary/aromatic N) is 4. The first kappa shape index (κ1) is 14.3. The van der Waals surface area contributed by atoms with E-state index in [1.807, 2.05) is 49.1 Å². The van der Waals surface area contributed by atoms with Crippen LogP contribution in [0.5, 0.6) is 0 Å². The van der Waals surface area contributed by atoms with Gasteiger partial charge in [0.1, 0.15) is 0 Å². The number of benzene rings is 1. The van der Waals surface area contributed by atoms with Crippen LogP contribution in [0.3, 0.4) is 0 Å². The summed E-state index contributed by atoms with van der Waals surface area (Å²) in [4.78, 5) is 4.28. The maximum absolute atomic E-state index is 5.15. The zero-order valence-electron chi connectivity index (χ0n) is 12.7. The van der Waals surface area contributed by atoms with Gasteiger partial charge < -0.3 is 9.84 Å². The molecule has 6 heteroatoms. The molecule has 6 nitrogen and oxygen atoms in total. The highest BCUT2D eigenvalue weighted by Gasteiger charge is 2.09. The van der Waals surface area contributed by atoms with E-state index in [0.29, 0.717) is 18.4 Å². The molecule has 0 bridgehead atoms. The number of hydrogen-bond donors (Lipinski definition) is 1. The Bertz CT molecular complexity index is 717. The van der Waals surface area contributed by atoms with E-state index in [0.717, 1.165) is 12.1 Å². The van der Waals surface area contributed by atoms with E-state index in [4.69, 9.17) is 4.52 Å². The lowest BCUT2D eigenvalue weighted by atomic mass is 10.2. The predicted octanol–water partition coefficient (Wildman–Crippen LogP) is 3.05. The third kappa shape index (κ3) is 3.52. The van der Waals surface area contributed by atoms with E-state index in [2.05, 4.69) is 32.7 Å². The first-order valence-electron chi connectivity index (χ1n) is 7.33. The molecule has 0 aliphatic carbocycles. The minimum atomic E-state index is 0.257. The molecular formula is C16H19N5O. The Kier molecular flexibility index (Phi) is 4.18. The minimum absolute atomic E-state index is 0.257. The second-order valence-electron chi connectivity index (χ2n) is 5.50. The molecule has 2 aromatic heterocycles. The van der Waals surface area contributed by atoms with Crippen LogP contribution in [0, 0.1) is 0 Å². The molecule has 0 saturated heterocycles. The number of aromatic nitrogens is 4. The highest BCUT2D eigenvalue weighted by molar-refractivity contribution is 5.22. The van der Waals surface area contributed by atoms with Gasteiger partial charge in [-0.25, -0.2) is 0 Å².